The van der Waals surface area contributed by atoms with Gasteiger partial charge in [-0.15, -0.1) is 0 Å². The van der Waals surface area contributed by atoms with Crippen molar-refractivity contribution >= 4 is 16.5 Å². The lowest BCUT2D eigenvalue weighted by molar-refractivity contribution is 0.628. The first kappa shape index (κ1) is 11.8. The average molecular weight is 271 g/mol. The zero-order chi connectivity index (χ0) is 13.2. The molecule has 2 N–H and O–H groups in total. The second kappa shape index (κ2) is 4.78. The topological polar surface area (TPSA) is 51.8 Å². The first-order valence-corrected chi connectivity index (χ1v) is 6.49. The Bertz CT molecular complexity index is 710. The van der Waals surface area contributed by atoms with Crippen LogP contribution in [0.15, 0.2) is 48.7 Å². The monoisotopic (exact) mass is 271 g/mol. The summed E-state index contributed by atoms with van der Waals surface area (Å²) in [5, 5.41) is 0.444. The van der Waals surface area contributed by atoms with Gasteiger partial charge in [0.05, 0.1) is 10.6 Å². The van der Waals surface area contributed by atoms with Crippen molar-refractivity contribution < 1.29 is 4.39 Å². The van der Waals surface area contributed by atoms with E-state index < -0.39 is 0 Å². The Morgan fingerprint density at radius 1 is 1.11 bits per heavy atom. The molecule has 2 heterocycles. The number of anilines is 1. The summed E-state index contributed by atoms with van der Waals surface area (Å²) in [6.45, 7) is 0. The number of benzene rings is 1. The molecule has 0 amide bonds. The van der Waals surface area contributed by atoms with Crippen LogP contribution in [0, 0.1) is 5.82 Å². The Balaban J connectivity index is 2.18. The molecular formula is C14H10FN3S. The number of hydrogen-bond donors (Lipinski definition) is 1. The number of aromatic nitrogens is 2. The van der Waals surface area contributed by atoms with Crippen LogP contribution < -0.4 is 5.73 Å². The maximum absolute atomic E-state index is 13.3. The van der Waals surface area contributed by atoms with Gasteiger partial charge in [0.2, 0.25) is 0 Å². The van der Waals surface area contributed by atoms with Crippen LogP contribution in [0.3, 0.4) is 0 Å². The number of nitrogen functional groups attached to an aromatic ring is 1. The van der Waals surface area contributed by atoms with Gasteiger partial charge in [0.15, 0.2) is 5.13 Å². The minimum atomic E-state index is -0.281. The molecule has 0 spiro atoms. The van der Waals surface area contributed by atoms with Gasteiger partial charge in [-0.1, -0.05) is 29.5 Å². The molecule has 0 aliphatic carbocycles. The summed E-state index contributed by atoms with van der Waals surface area (Å²) in [7, 11) is 0. The van der Waals surface area contributed by atoms with E-state index in [-0.39, 0.29) is 5.82 Å². The van der Waals surface area contributed by atoms with Crippen molar-refractivity contribution in [1.29, 1.82) is 0 Å². The number of rotatable bonds is 2. The third kappa shape index (κ3) is 2.32. The van der Waals surface area contributed by atoms with E-state index in [4.69, 9.17) is 5.73 Å². The lowest BCUT2D eigenvalue weighted by atomic mass is 10.1. The number of hydrogen-bond acceptors (Lipinski definition) is 4. The molecule has 0 aliphatic heterocycles. The van der Waals surface area contributed by atoms with Crippen LogP contribution in [-0.4, -0.2) is 9.97 Å². The average Bonchev–Trinajstić information content (AvgIpc) is 2.82. The van der Waals surface area contributed by atoms with Gasteiger partial charge in [-0.05, 0) is 29.8 Å². The largest absolute Gasteiger partial charge is 0.375 e. The molecular weight excluding hydrogens is 261 g/mol. The van der Waals surface area contributed by atoms with Gasteiger partial charge in [-0.3, -0.25) is 4.98 Å². The first-order valence-electron chi connectivity index (χ1n) is 5.67. The summed E-state index contributed by atoms with van der Waals surface area (Å²) in [4.78, 5) is 9.39. The van der Waals surface area contributed by atoms with Gasteiger partial charge >= 0.3 is 0 Å². The van der Waals surface area contributed by atoms with Crippen LogP contribution in [0.5, 0.6) is 0 Å². The van der Waals surface area contributed by atoms with Gasteiger partial charge in [0, 0.05) is 6.20 Å². The van der Waals surface area contributed by atoms with Gasteiger partial charge in [-0.25, -0.2) is 9.37 Å². The van der Waals surface area contributed by atoms with E-state index in [1.54, 1.807) is 12.3 Å². The van der Waals surface area contributed by atoms with Crippen LogP contribution in [0.2, 0.25) is 0 Å². The molecule has 0 fully saturated rings. The molecule has 0 bridgehead atoms. The van der Waals surface area contributed by atoms with E-state index in [0.29, 0.717) is 10.8 Å². The zero-order valence-corrected chi connectivity index (χ0v) is 10.7. The van der Waals surface area contributed by atoms with Gasteiger partial charge in [-0.2, -0.15) is 0 Å². The summed E-state index contributed by atoms with van der Waals surface area (Å²) >= 11 is 1.33. The minimum absolute atomic E-state index is 0.281. The molecule has 5 heteroatoms. The fraction of sp³-hybridized carbons (Fsp3) is 0. The normalized spacial score (nSPS) is 10.6. The number of nitrogens with zero attached hydrogens (tertiary/aromatic N) is 2. The number of halogens is 1. The molecule has 3 rings (SSSR count). The molecule has 0 atom stereocenters. The molecule has 2 aromatic heterocycles. The zero-order valence-electron chi connectivity index (χ0n) is 9.88. The van der Waals surface area contributed by atoms with Crippen LogP contribution in [0.4, 0.5) is 9.52 Å². The lowest BCUT2D eigenvalue weighted by Crippen LogP contribution is -1.87. The highest BCUT2D eigenvalue weighted by Crippen LogP contribution is 2.37. The van der Waals surface area contributed by atoms with Crippen molar-refractivity contribution in [2.45, 2.75) is 0 Å². The fourth-order valence-corrected chi connectivity index (χ4v) is 2.68. The van der Waals surface area contributed by atoms with Gasteiger partial charge < -0.3 is 5.73 Å². The Kier molecular flexibility index (Phi) is 2.97. The Labute approximate surface area is 113 Å². The fourth-order valence-electron chi connectivity index (χ4n) is 1.84. The smallest absolute Gasteiger partial charge is 0.181 e. The van der Waals surface area contributed by atoms with Crippen LogP contribution >= 0.6 is 11.3 Å². The van der Waals surface area contributed by atoms with E-state index in [0.717, 1.165) is 16.1 Å². The highest BCUT2D eigenvalue weighted by atomic mass is 32.1. The molecule has 0 saturated heterocycles. The van der Waals surface area contributed by atoms with Crippen LogP contribution in [-0.2, 0) is 0 Å². The summed E-state index contributed by atoms with van der Waals surface area (Å²) < 4.78 is 13.3. The predicted molar refractivity (Wildman–Crippen MR) is 75.2 cm³/mol. The van der Waals surface area contributed by atoms with E-state index in [9.17, 15) is 4.39 Å². The predicted octanol–water partition coefficient (Wildman–Crippen LogP) is 3.59. The van der Waals surface area contributed by atoms with Gasteiger partial charge in [0.25, 0.3) is 0 Å². The Morgan fingerprint density at radius 3 is 2.74 bits per heavy atom. The van der Waals surface area contributed by atoms with Crippen molar-refractivity contribution in [2.24, 2.45) is 0 Å². The highest BCUT2D eigenvalue weighted by molar-refractivity contribution is 7.19. The molecule has 0 saturated carbocycles. The summed E-state index contributed by atoms with van der Waals surface area (Å²) in [5.74, 6) is -0.281. The first-order chi connectivity index (χ1) is 9.24. The van der Waals surface area contributed by atoms with Gasteiger partial charge in [0.1, 0.15) is 11.5 Å². The molecule has 94 valence electrons. The number of thiazole rings is 1. The minimum Gasteiger partial charge on any atom is -0.375 e. The quantitative estimate of drug-likeness (QED) is 0.775. The maximum atomic E-state index is 13.3. The molecule has 0 radical (unpaired) electrons. The lowest BCUT2D eigenvalue weighted by Gasteiger charge is -2.01. The SMILES string of the molecule is Nc1nc(-c2ccccn2)c(-c2cccc(F)c2)s1. The Hall–Kier alpha value is -2.27. The second-order valence-corrected chi connectivity index (χ2v) is 4.99. The number of nitrogens with two attached hydrogens (primary N) is 1. The van der Waals surface area contributed by atoms with Crippen molar-refractivity contribution in [3.63, 3.8) is 0 Å². The van der Waals surface area contributed by atoms with E-state index >= 15 is 0 Å². The third-order valence-electron chi connectivity index (χ3n) is 2.64. The van der Waals surface area contributed by atoms with Crippen molar-refractivity contribution in [3.05, 3.63) is 54.5 Å². The maximum Gasteiger partial charge on any atom is 0.181 e. The number of pyridine rings is 1. The van der Waals surface area contributed by atoms with Crippen molar-refractivity contribution in [2.75, 3.05) is 5.73 Å². The highest BCUT2D eigenvalue weighted by Gasteiger charge is 2.14. The van der Waals surface area contributed by atoms with Crippen LogP contribution in [0.1, 0.15) is 0 Å². The van der Waals surface area contributed by atoms with Crippen LogP contribution in [0.25, 0.3) is 21.8 Å². The Morgan fingerprint density at radius 2 is 2.00 bits per heavy atom. The van der Waals surface area contributed by atoms with E-state index in [1.165, 1.54) is 23.5 Å². The summed E-state index contributed by atoms with van der Waals surface area (Å²) in [6.07, 6.45) is 1.69. The molecule has 3 aromatic rings. The van der Waals surface area contributed by atoms with E-state index in [1.807, 2.05) is 24.3 Å². The molecule has 0 unspecified atom stereocenters. The molecule has 19 heavy (non-hydrogen) atoms. The molecule has 0 aliphatic rings. The van der Waals surface area contributed by atoms with E-state index in [2.05, 4.69) is 9.97 Å². The molecule has 3 nitrogen and oxygen atoms in total. The van der Waals surface area contributed by atoms with Crippen molar-refractivity contribution in [3.8, 4) is 21.8 Å². The standard InChI is InChI=1S/C14H10FN3S/c15-10-5-3-4-9(8-10)13-12(18-14(16)19-13)11-6-1-2-7-17-11/h1-8H,(H2,16,18). The summed E-state index contributed by atoms with van der Waals surface area (Å²) in [5.41, 5.74) is 7.96. The molecule has 1 aromatic carbocycles. The second-order valence-electron chi connectivity index (χ2n) is 3.96. The third-order valence-corrected chi connectivity index (χ3v) is 3.57. The van der Waals surface area contributed by atoms with Crippen molar-refractivity contribution in [1.82, 2.24) is 9.97 Å². The summed E-state index contributed by atoms with van der Waals surface area (Å²) in [6, 6.07) is 12.0.